The third-order valence-electron chi connectivity index (χ3n) is 3.66. The molecule has 1 amide bonds. The zero-order chi connectivity index (χ0) is 18.3. The lowest BCUT2D eigenvalue weighted by molar-refractivity contribution is 0.145. The zero-order valence-corrected chi connectivity index (χ0v) is 15.4. The molecule has 1 atom stereocenters. The fraction of sp³-hybridized carbons (Fsp3) is 0.278. The number of nitrogens with zero attached hydrogens (tertiary/aromatic N) is 1. The molecular formula is C18H20ClNO4S. The minimum Gasteiger partial charge on any atom is -0.444 e. The van der Waals surface area contributed by atoms with Crippen molar-refractivity contribution in [1.29, 1.82) is 0 Å². The third kappa shape index (κ3) is 6.07. The normalized spacial score (nSPS) is 12.4. The number of para-hydroxylation sites is 1. The lowest BCUT2D eigenvalue weighted by Gasteiger charge is -2.29. The minimum absolute atomic E-state index is 0.104. The molecular weight excluding hydrogens is 362 g/mol. The van der Waals surface area contributed by atoms with E-state index in [9.17, 15) is 13.2 Å². The van der Waals surface area contributed by atoms with Gasteiger partial charge in [-0.05, 0) is 24.1 Å². The number of rotatable bonds is 7. The van der Waals surface area contributed by atoms with Crippen molar-refractivity contribution in [1.82, 2.24) is 0 Å². The number of carbonyl (C=O) groups excluding carboxylic acids is 1. The number of amides is 1. The molecule has 5 nitrogen and oxygen atoms in total. The van der Waals surface area contributed by atoms with Gasteiger partial charge in [-0.15, -0.1) is 0 Å². The van der Waals surface area contributed by atoms with E-state index in [2.05, 4.69) is 0 Å². The molecule has 0 radical (unpaired) electrons. The molecule has 2 rings (SSSR count). The van der Waals surface area contributed by atoms with Gasteiger partial charge < -0.3 is 4.74 Å². The van der Waals surface area contributed by atoms with E-state index in [1.54, 1.807) is 31.2 Å². The summed E-state index contributed by atoms with van der Waals surface area (Å²) < 4.78 is 28.4. The van der Waals surface area contributed by atoms with Crippen LogP contribution in [0.1, 0.15) is 18.9 Å². The van der Waals surface area contributed by atoms with Crippen molar-refractivity contribution in [2.45, 2.75) is 26.0 Å². The highest BCUT2D eigenvalue weighted by Crippen LogP contribution is 2.22. The van der Waals surface area contributed by atoms with Crippen molar-refractivity contribution >= 4 is 31.5 Å². The van der Waals surface area contributed by atoms with Gasteiger partial charge in [0, 0.05) is 16.4 Å². The first-order valence-corrected chi connectivity index (χ1v) is 10.4. The topological polar surface area (TPSA) is 63.7 Å². The molecule has 0 N–H and O–H groups in total. The van der Waals surface area contributed by atoms with Gasteiger partial charge in [0.15, 0.2) is 0 Å². The maximum atomic E-state index is 12.7. The summed E-state index contributed by atoms with van der Waals surface area (Å²) in [5.41, 5.74) is 1.41. The van der Waals surface area contributed by atoms with E-state index in [4.69, 9.17) is 15.4 Å². The maximum absolute atomic E-state index is 12.7. The molecule has 2 aromatic rings. The average Bonchev–Trinajstić information content (AvgIpc) is 2.60. The van der Waals surface area contributed by atoms with Crippen LogP contribution in [0.25, 0.3) is 0 Å². The van der Waals surface area contributed by atoms with E-state index in [0.717, 1.165) is 5.56 Å². The molecule has 25 heavy (non-hydrogen) atoms. The van der Waals surface area contributed by atoms with Crippen LogP contribution in [0.3, 0.4) is 0 Å². The molecule has 0 saturated heterocycles. The summed E-state index contributed by atoms with van der Waals surface area (Å²) in [5.74, 6) is -0.347. The molecule has 0 aliphatic rings. The summed E-state index contributed by atoms with van der Waals surface area (Å²) in [6, 6.07) is 17.5. The Bertz CT molecular complexity index is 781. The zero-order valence-electron chi connectivity index (χ0n) is 13.8. The van der Waals surface area contributed by atoms with E-state index in [0.29, 0.717) is 12.1 Å². The highest BCUT2D eigenvalue weighted by atomic mass is 35.7. The number of ether oxygens (including phenoxy) is 1. The van der Waals surface area contributed by atoms with Crippen LogP contribution in [0.5, 0.6) is 0 Å². The lowest BCUT2D eigenvalue weighted by Crippen LogP contribution is -2.43. The van der Waals surface area contributed by atoms with Crippen molar-refractivity contribution in [2.75, 3.05) is 10.7 Å². The Morgan fingerprint density at radius 3 is 2.16 bits per heavy atom. The van der Waals surface area contributed by atoms with Crippen molar-refractivity contribution < 1.29 is 17.9 Å². The van der Waals surface area contributed by atoms with Gasteiger partial charge in [0.1, 0.15) is 6.61 Å². The van der Waals surface area contributed by atoms with Crippen molar-refractivity contribution in [3.8, 4) is 0 Å². The van der Waals surface area contributed by atoms with Crippen LogP contribution in [-0.4, -0.2) is 26.3 Å². The van der Waals surface area contributed by atoms with Crippen LogP contribution < -0.4 is 4.90 Å². The van der Waals surface area contributed by atoms with Gasteiger partial charge in [-0.25, -0.2) is 13.2 Å². The Hall–Kier alpha value is -2.05. The van der Waals surface area contributed by atoms with Crippen LogP contribution in [0.15, 0.2) is 60.7 Å². The number of benzene rings is 2. The molecule has 134 valence electrons. The van der Waals surface area contributed by atoms with Gasteiger partial charge in [-0.2, -0.15) is 0 Å². The molecule has 0 heterocycles. The van der Waals surface area contributed by atoms with Gasteiger partial charge in [0.05, 0.1) is 11.8 Å². The molecule has 0 fully saturated rings. The number of hydrogen-bond acceptors (Lipinski definition) is 4. The number of anilines is 1. The fourth-order valence-electron chi connectivity index (χ4n) is 2.45. The first kappa shape index (κ1) is 19.3. The second-order valence-corrected chi connectivity index (χ2v) is 8.33. The Morgan fingerprint density at radius 1 is 1.08 bits per heavy atom. The predicted molar refractivity (Wildman–Crippen MR) is 99.3 cm³/mol. The second kappa shape index (κ2) is 8.87. The molecule has 0 bridgehead atoms. The van der Waals surface area contributed by atoms with E-state index in [1.165, 1.54) is 4.90 Å². The summed E-state index contributed by atoms with van der Waals surface area (Å²) >= 11 is 0. The van der Waals surface area contributed by atoms with Crippen molar-refractivity contribution in [3.63, 3.8) is 0 Å². The molecule has 0 saturated carbocycles. The molecule has 7 heteroatoms. The van der Waals surface area contributed by atoms with E-state index in [-0.39, 0.29) is 12.4 Å². The first-order valence-electron chi connectivity index (χ1n) is 7.88. The molecule has 0 spiro atoms. The molecule has 0 aromatic heterocycles. The predicted octanol–water partition coefficient (Wildman–Crippen LogP) is 4.18. The highest BCUT2D eigenvalue weighted by molar-refractivity contribution is 8.13. The highest BCUT2D eigenvalue weighted by Gasteiger charge is 2.29. The molecule has 2 aromatic carbocycles. The van der Waals surface area contributed by atoms with Gasteiger partial charge in [0.25, 0.3) is 0 Å². The standard InChI is InChI=1S/C18H20ClNO4S/c1-2-16(14-25(19,22)23)20(17-11-7-4-8-12-17)18(21)24-13-15-9-5-3-6-10-15/h3-12,16H,2,13-14H2,1H3. The van der Waals surface area contributed by atoms with Gasteiger partial charge >= 0.3 is 6.09 Å². The van der Waals surface area contributed by atoms with Gasteiger partial charge in [0.2, 0.25) is 9.05 Å². The summed E-state index contributed by atoms with van der Waals surface area (Å²) in [5, 5.41) is 0. The van der Waals surface area contributed by atoms with Gasteiger partial charge in [-0.3, -0.25) is 4.90 Å². The minimum atomic E-state index is -3.77. The van der Waals surface area contributed by atoms with E-state index in [1.807, 2.05) is 36.4 Å². The first-order chi connectivity index (χ1) is 11.9. The van der Waals surface area contributed by atoms with Crippen LogP contribution in [-0.2, 0) is 20.4 Å². The Labute approximate surface area is 152 Å². The summed E-state index contributed by atoms with van der Waals surface area (Å²) in [6.45, 7) is 1.90. The summed E-state index contributed by atoms with van der Waals surface area (Å²) in [6.07, 6.45) is -0.191. The number of hydrogen-bond donors (Lipinski definition) is 0. The van der Waals surface area contributed by atoms with Crippen LogP contribution in [0.2, 0.25) is 0 Å². The number of halogens is 1. The van der Waals surface area contributed by atoms with Crippen molar-refractivity contribution in [3.05, 3.63) is 66.2 Å². The van der Waals surface area contributed by atoms with E-state index < -0.39 is 21.2 Å². The molecule has 0 aliphatic carbocycles. The Morgan fingerprint density at radius 2 is 1.64 bits per heavy atom. The van der Waals surface area contributed by atoms with Crippen LogP contribution in [0.4, 0.5) is 10.5 Å². The molecule has 1 unspecified atom stereocenters. The van der Waals surface area contributed by atoms with Crippen LogP contribution >= 0.6 is 10.7 Å². The molecule has 0 aliphatic heterocycles. The van der Waals surface area contributed by atoms with Crippen LogP contribution in [0, 0.1) is 0 Å². The maximum Gasteiger partial charge on any atom is 0.414 e. The lowest BCUT2D eigenvalue weighted by atomic mass is 10.2. The fourth-order valence-corrected chi connectivity index (χ4v) is 3.73. The second-order valence-electron chi connectivity index (χ2n) is 5.51. The van der Waals surface area contributed by atoms with Crippen molar-refractivity contribution in [2.24, 2.45) is 0 Å². The SMILES string of the molecule is CCC(CS(=O)(=O)Cl)N(C(=O)OCc1ccccc1)c1ccccc1. The Balaban J connectivity index is 2.22. The van der Waals surface area contributed by atoms with Gasteiger partial charge in [-0.1, -0.05) is 55.5 Å². The van der Waals surface area contributed by atoms with E-state index >= 15 is 0 Å². The summed E-state index contributed by atoms with van der Waals surface area (Å²) in [4.78, 5) is 14.0. The third-order valence-corrected chi connectivity index (χ3v) is 4.82. The Kier molecular flexibility index (Phi) is 6.84. The monoisotopic (exact) mass is 381 g/mol. The smallest absolute Gasteiger partial charge is 0.414 e. The average molecular weight is 382 g/mol. The largest absolute Gasteiger partial charge is 0.444 e. The quantitative estimate of drug-likeness (QED) is 0.675. The number of carbonyl (C=O) groups is 1. The summed E-state index contributed by atoms with van der Waals surface area (Å²) in [7, 11) is 1.64.